The molecule has 29 heavy (non-hydrogen) atoms. The highest BCUT2D eigenvalue weighted by Gasteiger charge is 2.24. The van der Waals surface area contributed by atoms with Gasteiger partial charge < -0.3 is 10.2 Å². The predicted octanol–water partition coefficient (Wildman–Crippen LogP) is 4.45. The summed E-state index contributed by atoms with van der Waals surface area (Å²) < 4.78 is 13.3. The second-order valence-corrected chi connectivity index (χ2v) is 7.35. The minimum absolute atomic E-state index is 0.0898. The molecular formula is C23H23FN4O. The number of anilines is 2. The lowest BCUT2D eigenvalue weighted by Crippen LogP contribution is -2.39. The third kappa shape index (κ3) is 4.96. The maximum absolute atomic E-state index is 13.3. The summed E-state index contributed by atoms with van der Waals surface area (Å²) in [6, 6.07) is 16.6. The molecule has 0 atom stereocenters. The number of carbonyl (C=O) groups excluding carboxylic acids is 1. The molecule has 0 saturated carbocycles. The highest BCUT2D eigenvalue weighted by molar-refractivity contribution is 5.92. The van der Waals surface area contributed by atoms with Crippen LogP contribution < -0.4 is 5.32 Å². The Morgan fingerprint density at radius 3 is 2.52 bits per heavy atom. The fourth-order valence-corrected chi connectivity index (χ4v) is 3.67. The van der Waals surface area contributed by atoms with Crippen molar-refractivity contribution in [1.82, 2.24) is 14.9 Å². The Kier molecular flexibility index (Phi) is 5.79. The zero-order valence-electron chi connectivity index (χ0n) is 16.1. The van der Waals surface area contributed by atoms with Crippen LogP contribution >= 0.6 is 0 Å². The molecule has 0 spiro atoms. The lowest BCUT2D eigenvalue weighted by molar-refractivity contribution is 0.0684. The average Bonchev–Trinajstić information content (AvgIpc) is 2.75. The number of benzene rings is 2. The molecule has 0 bridgehead atoms. The Bertz CT molecular complexity index is 954. The molecule has 148 valence electrons. The van der Waals surface area contributed by atoms with Gasteiger partial charge in [0.1, 0.15) is 17.3 Å². The fraction of sp³-hybridized carbons (Fsp3) is 0.261. The summed E-state index contributed by atoms with van der Waals surface area (Å²) in [6.07, 6.45) is 6.02. The van der Waals surface area contributed by atoms with E-state index in [4.69, 9.17) is 0 Å². The van der Waals surface area contributed by atoms with Crippen LogP contribution in [-0.2, 0) is 6.42 Å². The van der Waals surface area contributed by atoms with Gasteiger partial charge in [-0.2, -0.15) is 0 Å². The Morgan fingerprint density at radius 2 is 1.83 bits per heavy atom. The third-order valence-corrected chi connectivity index (χ3v) is 5.24. The van der Waals surface area contributed by atoms with Crippen molar-refractivity contribution in [2.75, 3.05) is 18.4 Å². The zero-order valence-corrected chi connectivity index (χ0v) is 16.1. The minimum Gasteiger partial charge on any atom is -0.339 e. The second-order valence-electron chi connectivity index (χ2n) is 7.35. The van der Waals surface area contributed by atoms with E-state index in [1.807, 2.05) is 11.0 Å². The summed E-state index contributed by atoms with van der Waals surface area (Å²) in [4.78, 5) is 23.1. The molecule has 1 N–H and O–H groups in total. The van der Waals surface area contributed by atoms with E-state index in [0.717, 1.165) is 32.4 Å². The van der Waals surface area contributed by atoms with Gasteiger partial charge in [0, 0.05) is 18.8 Å². The maximum Gasteiger partial charge on any atom is 0.274 e. The molecule has 1 saturated heterocycles. The summed E-state index contributed by atoms with van der Waals surface area (Å²) in [5.74, 6) is 0.650. The van der Waals surface area contributed by atoms with Crippen LogP contribution in [0.1, 0.15) is 28.9 Å². The monoisotopic (exact) mass is 390 g/mol. The highest BCUT2D eigenvalue weighted by Crippen LogP contribution is 2.23. The lowest BCUT2D eigenvalue weighted by atomic mass is 9.90. The molecule has 3 aromatic rings. The molecule has 1 aliphatic heterocycles. The van der Waals surface area contributed by atoms with Crippen LogP contribution in [-0.4, -0.2) is 33.9 Å². The van der Waals surface area contributed by atoms with Gasteiger partial charge >= 0.3 is 0 Å². The normalized spacial score (nSPS) is 14.6. The molecule has 0 aliphatic carbocycles. The Morgan fingerprint density at radius 1 is 1.03 bits per heavy atom. The van der Waals surface area contributed by atoms with Crippen LogP contribution in [0.2, 0.25) is 0 Å². The van der Waals surface area contributed by atoms with Crippen molar-refractivity contribution in [2.24, 2.45) is 5.92 Å². The average molecular weight is 390 g/mol. The highest BCUT2D eigenvalue weighted by atomic mass is 19.1. The fourth-order valence-electron chi connectivity index (χ4n) is 3.67. The van der Waals surface area contributed by atoms with E-state index in [2.05, 4.69) is 39.6 Å². The van der Waals surface area contributed by atoms with Crippen molar-refractivity contribution in [3.05, 3.63) is 84.1 Å². The summed E-state index contributed by atoms with van der Waals surface area (Å²) in [5.41, 5.74) is 2.26. The number of amides is 1. The zero-order chi connectivity index (χ0) is 20.1. The van der Waals surface area contributed by atoms with Crippen LogP contribution in [0.4, 0.5) is 15.9 Å². The minimum atomic E-state index is -0.328. The number of hydrogen-bond acceptors (Lipinski definition) is 4. The molecule has 0 unspecified atom stereocenters. The number of hydrogen-bond donors (Lipinski definition) is 1. The number of nitrogens with zero attached hydrogens (tertiary/aromatic N) is 3. The van der Waals surface area contributed by atoms with Gasteiger partial charge in [0.15, 0.2) is 0 Å². The van der Waals surface area contributed by atoms with Crippen molar-refractivity contribution in [2.45, 2.75) is 19.3 Å². The number of halogens is 1. The largest absolute Gasteiger partial charge is 0.339 e. The van der Waals surface area contributed by atoms with E-state index in [1.54, 1.807) is 12.1 Å². The number of piperidine rings is 1. The lowest BCUT2D eigenvalue weighted by Gasteiger charge is -2.31. The van der Waals surface area contributed by atoms with Crippen LogP contribution in [0.5, 0.6) is 0 Å². The van der Waals surface area contributed by atoms with Gasteiger partial charge in [0.05, 0.1) is 12.4 Å². The quantitative estimate of drug-likeness (QED) is 0.699. The molecule has 1 amide bonds. The topological polar surface area (TPSA) is 58.1 Å². The van der Waals surface area contributed by atoms with Crippen molar-refractivity contribution >= 4 is 17.4 Å². The standard InChI is InChI=1S/C23H23FN4O/c24-19-7-4-8-20(14-19)27-22-16-25-21(15-26-22)23(29)28-11-9-18(10-12-28)13-17-5-2-1-3-6-17/h1-8,14-16,18H,9-13H2,(H,26,27). The molecular weight excluding hydrogens is 367 g/mol. The molecule has 1 fully saturated rings. The van der Waals surface area contributed by atoms with E-state index in [1.165, 1.54) is 30.1 Å². The first-order valence-corrected chi connectivity index (χ1v) is 9.85. The molecule has 0 radical (unpaired) electrons. The summed E-state index contributed by atoms with van der Waals surface area (Å²) in [5, 5.41) is 2.98. The van der Waals surface area contributed by atoms with Crippen molar-refractivity contribution in [1.29, 1.82) is 0 Å². The van der Waals surface area contributed by atoms with Gasteiger partial charge in [-0.1, -0.05) is 36.4 Å². The van der Waals surface area contributed by atoms with Crippen LogP contribution in [0, 0.1) is 11.7 Å². The Labute approximate surface area is 169 Å². The summed E-state index contributed by atoms with van der Waals surface area (Å²) >= 11 is 0. The molecule has 2 aromatic carbocycles. The molecule has 2 heterocycles. The Balaban J connectivity index is 1.32. The number of aromatic nitrogens is 2. The van der Waals surface area contributed by atoms with Gasteiger partial charge in [0.25, 0.3) is 5.91 Å². The SMILES string of the molecule is O=C(c1cnc(Nc2cccc(F)c2)cn1)N1CCC(Cc2ccccc2)CC1. The van der Waals surface area contributed by atoms with Crippen LogP contribution in [0.3, 0.4) is 0 Å². The first-order valence-electron chi connectivity index (χ1n) is 9.85. The first-order chi connectivity index (χ1) is 14.2. The van der Waals surface area contributed by atoms with Crippen molar-refractivity contribution < 1.29 is 9.18 Å². The smallest absolute Gasteiger partial charge is 0.274 e. The van der Waals surface area contributed by atoms with Gasteiger partial charge in [0.2, 0.25) is 0 Å². The van der Waals surface area contributed by atoms with E-state index in [0.29, 0.717) is 23.1 Å². The summed E-state index contributed by atoms with van der Waals surface area (Å²) in [6.45, 7) is 1.47. The third-order valence-electron chi connectivity index (χ3n) is 5.24. The maximum atomic E-state index is 13.3. The molecule has 4 rings (SSSR count). The predicted molar refractivity (Wildman–Crippen MR) is 110 cm³/mol. The van der Waals surface area contributed by atoms with Gasteiger partial charge in [-0.3, -0.25) is 4.79 Å². The van der Waals surface area contributed by atoms with E-state index in [9.17, 15) is 9.18 Å². The number of carbonyl (C=O) groups is 1. The van der Waals surface area contributed by atoms with Crippen molar-refractivity contribution in [3.8, 4) is 0 Å². The summed E-state index contributed by atoms with van der Waals surface area (Å²) in [7, 11) is 0. The van der Waals surface area contributed by atoms with Gasteiger partial charge in [-0.05, 0) is 48.9 Å². The Hall–Kier alpha value is -3.28. The second kappa shape index (κ2) is 8.82. The number of nitrogens with one attached hydrogen (secondary N) is 1. The first kappa shape index (κ1) is 19.1. The number of rotatable bonds is 5. The van der Waals surface area contributed by atoms with Crippen LogP contribution in [0.25, 0.3) is 0 Å². The molecule has 1 aromatic heterocycles. The van der Waals surface area contributed by atoms with E-state index >= 15 is 0 Å². The van der Waals surface area contributed by atoms with Gasteiger partial charge in [-0.15, -0.1) is 0 Å². The van der Waals surface area contributed by atoms with Gasteiger partial charge in [-0.25, -0.2) is 14.4 Å². The van der Waals surface area contributed by atoms with Crippen LogP contribution in [0.15, 0.2) is 67.0 Å². The van der Waals surface area contributed by atoms with E-state index in [-0.39, 0.29) is 11.7 Å². The molecule has 6 heteroatoms. The number of likely N-dealkylation sites (tertiary alicyclic amines) is 1. The molecule has 5 nitrogen and oxygen atoms in total. The van der Waals surface area contributed by atoms with E-state index < -0.39 is 0 Å². The molecule has 1 aliphatic rings. The van der Waals surface area contributed by atoms with Crippen molar-refractivity contribution in [3.63, 3.8) is 0 Å².